The molecule has 1 amide bonds. The van der Waals surface area contributed by atoms with Gasteiger partial charge in [-0.15, -0.1) is 0 Å². The fraction of sp³-hybridized carbons (Fsp3) is 0.143. The van der Waals surface area contributed by atoms with Crippen LogP contribution in [0.15, 0.2) is 85.1 Å². The van der Waals surface area contributed by atoms with Crippen molar-refractivity contribution < 1.29 is 4.79 Å². The number of benzene rings is 2. The number of aromatic nitrogens is 1. The molecule has 1 fully saturated rings. The van der Waals surface area contributed by atoms with Crippen LogP contribution in [0.25, 0.3) is 0 Å². The second kappa shape index (κ2) is 6.77. The molecule has 2 aromatic carbocycles. The lowest BCUT2D eigenvalue weighted by Gasteiger charge is -2.25. The van der Waals surface area contributed by atoms with Crippen LogP contribution in [-0.4, -0.2) is 16.9 Å². The number of pyridine rings is 1. The zero-order valence-corrected chi connectivity index (χ0v) is 13.7. The van der Waals surface area contributed by atoms with Gasteiger partial charge in [-0.1, -0.05) is 54.6 Å². The van der Waals surface area contributed by atoms with Crippen LogP contribution in [0.5, 0.6) is 0 Å². The van der Waals surface area contributed by atoms with Gasteiger partial charge in [0.1, 0.15) is 11.9 Å². The molecule has 0 aliphatic carbocycles. The predicted octanol–water partition coefficient (Wildman–Crippen LogP) is 4.04. The van der Waals surface area contributed by atoms with Crippen molar-refractivity contribution in [3.05, 3.63) is 90.6 Å². The van der Waals surface area contributed by atoms with Gasteiger partial charge in [0, 0.05) is 18.3 Å². The van der Waals surface area contributed by atoms with Crippen molar-refractivity contribution in [3.8, 4) is 0 Å². The molecule has 0 saturated carbocycles. The number of rotatable bonds is 4. The van der Waals surface area contributed by atoms with Gasteiger partial charge < -0.3 is 10.2 Å². The van der Waals surface area contributed by atoms with Crippen molar-refractivity contribution in [3.63, 3.8) is 0 Å². The molecule has 2 atom stereocenters. The van der Waals surface area contributed by atoms with Gasteiger partial charge in [-0.2, -0.15) is 0 Å². The van der Waals surface area contributed by atoms with Crippen molar-refractivity contribution in [2.45, 2.75) is 18.5 Å². The molecule has 4 heteroatoms. The minimum absolute atomic E-state index is 0.0114. The highest BCUT2D eigenvalue weighted by Gasteiger charge is 2.41. The minimum Gasteiger partial charge on any atom is -0.358 e. The molecule has 3 aromatic rings. The molecule has 4 nitrogen and oxygen atoms in total. The third kappa shape index (κ3) is 3.11. The second-order valence-corrected chi connectivity index (χ2v) is 6.12. The molecule has 124 valence electrons. The summed E-state index contributed by atoms with van der Waals surface area (Å²) in [5, 5.41) is 3.29. The number of anilines is 2. The highest BCUT2D eigenvalue weighted by Crippen LogP contribution is 2.37. The highest BCUT2D eigenvalue weighted by molar-refractivity contribution is 6.01. The molecule has 1 aliphatic heterocycles. The molecule has 1 N–H and O–H groups in total. The Kier molecular flexibility index (Phi) is 4.17. The topological polar surface area (TPSA) is 45.2 Å². The normalized spacial score (nSPS) is 19.8. The minimum atomic E-state index is -0.291. The number of nitrogens with one attached hydrogen (secondary N) is 1. The molecular formula is C21H19N3O. The lowest BCUT2D eigenvalue weighted by molar-refractivity contribution is -0.117. The van der Waals surface area contributed by atoms with Crippen LogP contribution in [0.2, 0.25) is 0 Å². The van der Waals surface area contributed by atoms with Crippen LogP contribution in [0.4, 0.5) is 11.5 Å². The molecule has 0 radical (unpaired) electrons. The fourth-order valence-corrected chi connectivity index (χ4v) is 3.35. The van der Waals surface area contributed by atoms with Crippen molar-refractivity contribution in [2.75, 3.05) is 10.2 Å². The maximum absolute atomic E-state index is 13.1. The van der Waals surface area contributed by atoms with Crippen molar-refractivity contribution in [1.29, 1.82) is 0 Å². The lowest BCUT2D eigenvalue weighted by atomic mass is 10.0. The molecule has 2 heterocycles. The van der Waals surface area contributed by atoms with Crippen LogP contribution >= 0.6 is 0 Å². The largest absolute Gasteiger partial charge is 0.358 e. The SMILES string of the molecule is O=C1C(Nc2ccccn2)CC(c2ccccc2)N1c1ccccc1. The molecule has 1 aliphatic rings. The van der Waals surface area contributed by atoms with Gasteiger partial charge in [-0.3, -0.25) is 4.79 Å². The Labute approximate surface area is 147 Å². The summed E-state index contributed by atoms with van der Waals surface area (Å²) < 4.78 is 0. The first-order valence-electron chi connectivity index (χ1n) is 8.43. The van der Waals surface area contributed by atoms with E-state index < -0.39 is 0 Å². The first-order valence-corrected chi connectivity index (χ1v) is 8.43. The molecule has 1 aromatic heterocycles. The summed E-state index contributed by atoms with van der Waals surface area (Å²) >= 11 is 0. The van der Waals surface area contributed by atoms with E-state index in [-0.39, 0.29) is 18.0 Å². The van der Waals surface area contributed by atoms with Gasteiger partial charge in [-0.05, 0) is 29.8 Å². The predicted molar refractivity (Wildman–Crippen MR) is 99.4 cm³/mol. The zero-order valence-electron chi connectivity index (χ0n) is 13.7. The Hall–Kier alpha value is -3.14. The number of hydrogen-bond acceptors (Lipinski definition) is 3. The number of hydrogen-bond donors (Lipinski definition) is 1. The van der Waals surface area contributed by atoms with E-state index in [1.54, 1.807) is 6.20 Å². The van der Waals surface area contributed by atoms with Crippen molar-refractivity contribution >= 4 is 17.4 Å². The van der Waals surface area contributed by atoms with Crippen molar-refractivity contribution in [1.82, 2.24) is 4.98 Å². The second-order valence-electron chi connectivity index (χ2n) is 6.12. The maximum Gasteiger partial charge on any atom is 0.250 e. The number of nitrogens with zero attached hydrogens (tertiary/aromatic N) is 2. The molecule has 25 heavy (non-hydrogen) atoms. The van der Waals surface area contributed by atoms with Gasteiger partial charge in [0.2, 0.25) is 5.91 Å². The Bertz CT molecular complexity index is 837. The smallest absolute Gasteiger partial charge is 0.250 e. The number of amides is 1. The summed E-state index contributed by atoms with van der Waals surface area (Å²) in [7, 11) is 0. The fourth-order valence-electron chi connectivity index (χ4n) is 3.35. The van der Waals surface area contributed by atoms with Crippen LogP contribution in [0.3, 0.4) is 0 Å². The van der Waals surface area contributed by atoms with Crippen LogP contribution in [0, 0.1) is 0 Å². The number of carbonyl (C=O) groups is 1. The summed E-state index contributed by atoms with van der Waals surface area (Å²) in [4.78, 5) is 19.3. The summed E-state index contributed by atoms with van der Waals surface area (Å²) in [5.74, 6) is 0.799. The molecule has 1 saturated heterocycles. The molecule has 0 bridgehead atoms. The first kappa shape index (κ1) is 15.4. The molecular weight excluding hydrogens is 310 g/mol. The van der Waals surface area contributed by atoms with Gasteiger partial charge >= 0.3 is 0 Å². The van der Waals surface area contributed by atoms with E-state index in [2.05, 4.69) is 22.4 Å². The molecule has 2 unspecified atom stereocenters. The Morgan fingerprint density at radius 3 is 2.24 bits per heavy atom. The van der Waals surface area contributed by atoms with E-state index >= 15 is 0 Å². The lowest BCUT2D eigenvalue weighted by Crippen LogP contribution is -2.34. The van der Waals surface area contributed by atoms with E-state index in [0.29, 0.717) is 6.42 Å². The zero-order chi connectivity index (χ0) is 17.1. The Morgan fingerprint density at radius 1 is 0.880 bits per heavy atom. The van der Waals surface area contributed by atoms with Crippen LogP contribution < -0.4 is 10.2 Å². The quantitative estimate of drug-likeness (QED) is 0.786. The third-order valence-electron chi connectivity index (χ3n) is 4.51. The Morgan fingerprint density at radius 2 is 1.56 bits per heavy atom. The van der Waals surface area contributed by atoms with E-state index in [9.17, 15) is 4.79 Å². The summed E-state index contributed by atoms with van der Waals surface area (Å²) in [6.07, 6.45) is 2.43. The average molecular weight is 329 g/mol. The van der Waals surface area contributed by atoms with E-state index in [1.807, 2.05) is 71.6 Å². The summed E-state index contributed by atoms with van der Waals surface area (Å²) in [6.45, 7) is 0. The van der Waals surface area contributed by atoms with E-state index in [0.717, 1.165) is 17.1 Å². The van der Waals surface area contributed by atoms with Gasteiger partial charge in [0.05, 0.1) is 6.04 Å². The van der Waals surface area contributed by atoms with Crippen molar-refractivity contribution in [2.24, 2.45) is 0 Å². The van der Waals surface area contributed by atoms with E-state index in [4.69, 9.17) is 0 Å². The van der Waals surface area contributed by atoms with Gasteiger partial charge in [0.15, 0.2) is 0 Å². The van der Waals surface area contributed by atoms with E-state index in [1.165, 1.54) is 0 Å². The maximum atomic E-state index is 13.1. The molecule has 0 spiro atoms. The summed E-state index contributed by atoms with van der Waals surface area (Å²) in [6, 6.07) is 25.4. The standard InChI is InChI=1S/C21H19N3O/c25-21-18(23-20-13-7-8-14-22-20)15-19(16-9-3-1-4-10-16)24(21)17-11-5-2-6-12-17/h1-14,18-19H,15H2,(H,22,23). The average Bonchev–Trinajstić information content (AvgIpc) is 3.00. The molecule has 4 rings (SSSR count). The summed E-state index contributed by atoms with van der Waals surface area (Å²) in [5.41, 5.74) is 2.07. The van der Waals surface area contributed by atoms with Gasteiger partial charge in [0.25, 0.3) is 0 Å². The first-order chi connectivity index (χ1) is 12.3. The van der Waals surface area contributed by atoms with Crippen LogP contribution in [0.1, 0.15) is 18.0 Å². The number of para-hydroxylation sites is 1. The Balaban J connectivity index is 1.68. The van der Waals surface area contributed by atoms with Gasteiger partial charge in [-0.25, -0.2) is 4.98 Å². The third-order valence-corrected chi connectivity index (χ3v) is 4.51. The monoisotopic (exact) mass is 329 g/mol. The number of carbonyl (C=O) groups excluding carboxylic acids is 1. The highest BCUT2D eigenvalue weighted by atomic mass is 16.2. The van der Waals surface area contributed by atoms with Crippen LogP contribution in [-0.2, 0) is 4.79 Å².